The van der Waals surface area contributed by atoms with Crippen LogP contribution in [0.4, 0.5) is 0 Å². The normalized spacial score (nSPS) is 12.4. The Balaban J connectivity index is 3.60. The molecule has 0 saturated carbocycles. The first-order valence-electron chi connectivity index (χ1n) is 10.2. The zero-order valence-electron chi connectivity index (χ0n) is 20.3. The lowest BCUT2D eigenvalue weighted by Crippen LogP contribution is -1.85. The molecule has 0 bridgehead atoms. The van der Waals surface area contributed by atoms with Crippen molar-refractivity contribution >= 4 is 6.29 Å². The quantitative estimate of drug-likeness (QED) is 0.0912. The van der Waals surface area contributed by atoms with Crippen molar-refractivity contribution in [1.29, 1.82) is 0 Å². The molecule has 0 saturated heterocycles. The molecule has 0 amide bonds. The van der Waals surface area contributed by atoms with E-state index < -0.39 is 0 Å². The molecule has 0 aromatic carbocycles. The zero-order chi connectivity index (χ0) is 27.5. The molecule has 0 radical (unpaired) electrons. The second-order valence-electron chi connectivity index (χ2n) is 5.09. The van der Waals surface area contributed by atoms with Gasteiger partial charge < -0.3 is 56.8 Å². The molecule has 0 aromatic heterocycles. The van der Waals surface area contributed by atoms with Gasteiger partial charge in [-0.25, -0.2) is 0 Å². The Bertz CT molecular complexity index is 862. The van der Waals surface area contributed by atoms with Crippen LogP contribution in [0.5, 0.6) is 0 Å². The highest BCUT2D eigenvalue weighted by atomic mass is 16.5. The number of rotatable bonds is 24. The van der Waals surface area contributed by atoms with Crippen LogP contribution in [0.25, 0.3) is 0 Å². The Morgan fingerprint density at radius 3 is 0.763 bits per heavy atom. The summed E-state index contributed by atoms with van der Waals surface area (Å²) in [7, 11) is 1.50. The number of carbonyl (C=O) groups excluding carboxylic acids is 1. The van der Waals surface area contributed by atoms with Crippen molar-refractivity contribution in [2.75, 3.05) is 13.7 Å². The van der Waals surface area contributed by atoms with E-state index in [9.17, 15) is 4.79 Å². The Morgan fingerprint density at radius 1 is 0.342 bits per heavy atom. The van der Waals surface area contributed by atoms with Crippen LogP contribution in [0.15, 0.2) is 138 Å². The maximum atomic E-state index is 9.98. The van der Waals surface area contributed by atoms with Crippen LogP contribution < -0.4 is 0 Å². The van der Waals surface area contributed by atoms with Crippen LogP contribution in [-0.2, 0) is 61.6 Å². The lowest BCUT2D eigenvalue weighted by molar-refractivity contribution is -0.110. The van der Waals surface area contributed by atoms with Gasteiger partial charge in [-0.15, -0.1) is 0 Å². The summed E-state index contributed by atoms with van der Waals surface area (Å²) < 4.78 is 58.6. The van der Waals surface area contributed by atoms with Crippen LogP contribution in [0.1, 0.15) is 0 Å². The fourth-order valence-corrected chi connectivity index (χ4v) is 1.28. The van der Waals surface area contributed by atoms with Crippen LogP contribution in [0.2, 0.25) is 0 Å². The number of methoxy groups -OCH3 is 1. The Hall–Kier alpha value is -5.59. The molecule has 0 aromatic rings. The molecule has 0 spiro atoms. The van der Waals surface area contributed by atoms with Crippen molar-refractivity contribution in [1.82, 2.24) is 0 Å². The third-order valence-corrected chi connectivity index (χ3v) is 2.58. The summed E-state index contributed by atoms with van der Waals surface area (Å²) in [5.41, 5.74) is 0. The maximum absolute atomic E-state index is 9.98. The second-order valence-corrected chi connectivity index (χ2v) is 5.09. The average molecular weight is 536 g/mol. The Kier molecular flexibility index (Phi) is 26.8. The Labute approximate surface area is 219 Å². The van der Waals surface area contributed by atoms with Gasteiger partial charge in [0, 0.05) is 0 Å². The second kappa shape index (κ2) is 31.4. The minimum absolute atomic E-state index is 0.0418. The molecule has 0 rings (SSSR count). The highest BCUT2D eigenvalue weighted by molar-refractivity contribution is 5.50. The largest absolute Gasteiger partial charge is 0.501 e. The number of hydrogen-bond acceptors (Lipinski definition) is 13. The fraction of sp³-hybridized carbons (Fsp3) is 0.0800. The van der Waals surface area contributed by atoms with Crippen molar-refractivity contribution in [2.24, 2.45) is 0 Å². The predicted molar refractivity (Wildman–Crippen MR) is 130 cm³/mol. The smallest absolute Gasteiger partial charge is 0.157 e. The van der Waals surface area contributed by atoms with Crippen molar-refractivity contribution in [3.8, 4) is 0 Å². The van der Waals surface area contributed by atoms with E-state index in [0.717, 1.165) is 0 Å². The van der Waals surface area contributed by atoms with E-state index in [0.29, 0.717) is 6.29 Å². The third-order valence-electron chi connectivity index (χ3n) is 2.58. The molecule has 0 atom stereocenters. The average Bonchev–Trinajstić information content (AvgIpc) is 2.93. The summed E-state index contributed by atoms with van der Waals surface area (Å²) in [5, 5.41) is 0. The summed E-state index contributed by atoms with van der Waals surface area (Å²) in [6, 6.07) is 0. The molecule has 0 aliphatic heterocycles. The molecule has 13 nitrogen and oxygen atoms in total. The number of ether oxygens (including phenoxy) is 12. The van der Waals surface area contributed by atoms with Crippen molar-refractivity contribution in [3.63, 3.8) is 0 Å². The van der Waals surface area contributed by atoms with E-state index in [-0.39, 0.29) is 6.61 Å². The molecule has 0 heterocycles. The van der Waals surface area contributed by atoms with Gasteiger partial charge in [0.2, 0.25) is 0 Å². The first-order valence-corrected chi connectivity index (χ1v) is 10.2. The van der Waals surface area contributed by atoms with Gasteiger partial charge in [-0.1, -0.05) is 0 Å². The molecule has 0 aliphatic rings. The molecule has 13 heteroatoms. The van der Waals surface area contributed by atoms with E-state index in [1.807, 2.05) is 0 Å². The zero-order valence-corrected chi connectivity index (χ0v) is 20.3. The van der Waals surface area contributed by atoms with Crippen LogP contribution in [0, 0.1) is 0 Å². The van der Waals surface area contributed by atoms with E-state index in [2.05, 4.69) is 4.74 Å². The number of hydrogen-bond donors (Lipinski definition) is 0. The van der Waals surface area contributed by atoms with Gasteiger partial charge in [-0.3, -0.25) is 4.79 Å². The van der Waals surface area contributed by atoms with Crippen LogP contribution >= 0.6 is 0 Å². The van der Waals surface area contributed by atoms with Gasteiger partial charge >= 0.3 is 0 Å². The lowest BCUT2D eigenvalue weighted by Gasteiger charge is -1.93. The van der Waals surface area contributed by atoms with Crippen molar-refractivity contribution in [2.45, 2.75) is 0 Å². The molecule has 0 fully saturated rings. The minimum atomic E-state index is -0.0418. The van der Waals surface area contributed by atoms with E-state index >= 15 is 0 Å². The van der Waals surface area contributed by atoms with Crippen molar-refractivity contribution in [3.05, 3.63) is 138 Å². The molecular weight excluding hydrogens is 508 g/mol. The highest BCUT2D eigenvalue weighted by Crippen LogP contribution is 1.91. The molecule has 0 aliphatic carbocycles. The topological polar surface area (TPSA) is 128 Å². The van der Waals surface area contributed by atoms with Gasteiger partial charge in [0.15, 0.2) is 6.29 Å². The SMILES string of the molecule is COC=COC=COC=COC=COC=COC=COC=COC=COC=COC=COC=COCC=O. The summed E-state index contributed by atoms with van der Waals surface area (Å²) in [6.45, 7) is -0.0418. The predicted octanol–water partition coefficient (Wildman–Crippen LogP) is 5.20. The third kappa shape index (κ3) is 30.4. The summed E-state index contributed by atoms with van der Waals surface area (Å²) in [4.78, 5) is 9.98. The van der Waals surface area contributed by atoms with Gasteiger partial charge in [0.25, 0.3) is 0 Å². The summed E-state index contributed by atoms with van der Waals surface area (Å²) >= 11 is 0. The standard InChI is InChI=1S/C25H28O13/c1-27-4-5-29-8-9-31-12-13-33-16-17-35-20-21-37-24-25-38-23-22-36-19-18-34-15-14-32-11-10-30-7-6-28-3-2-26/h2,4-25H,3H2,1H3. The maximum Gasteiger partial charge on any atom is 0.157 e. The molecule has 206 valence electrons. The molecular formula is C25H28O13. The number of carbonyl (C=O) groups is 1. The summed E-state index contributed by atoms with van der Waals surface area (Å²) in [5.74, 6) is 0. The molecule has 0 N–H and O–H groups in total. The fourth-order valence-electron chi connectivity index (χ4n) is 1.28. The molecule has 0 unspecified atom stereocenters. The summed E-state index contributed by atoms with van der Waals surface area (Å²) in [6.07, 6.45) is 28.5. The van der Waals surface area contributed by atoms with Gasteiger partial charge in [-0.2, -0.15) is 0 Å². The van der Waals surface area contributed by atoms with E-state index in [1.54, 1.807) is 0 Å². The van der Waals surface area contributed by atoms with E-state index in [1.165, 1.54) is 145 Å². The minimum Gasteiger partial charge on any atom is -0.501 e. The monoisotopic (exact) mass is 536 g/mol. The first-order chi connectivity index (χ1) is 18.9. The van der Waals surface area contributed by atoms with Gasteiger partial charge in [0.05, 0.1) is 7.11 Å². The van der Waals surface area contributed by atoms with Crippen LogP contribution in [0.3, 0.4) is 0 Å². The number of aldehydes is 1. The van der Waals surface area contributed by atoms with Gasteiger partial charge in [0.1, 0.15) is 144 Å². The highest BCUT2D eigenvalue weighted by Gasteiger charge is 1.77. The Morgan fingerprint density at radius 2 is 0.553 bits per heavy atom. The molecule has 38 heavy (non-hydrogen) atoms. The lowest BCUT2D eigenvalue weighted by atomic mass is 10.8. The van der Waals surface area contributed by atoms with Crippen LogP contribution in [-0.4, -0.2) is 20.0 Å². The first kappa shape index (κ1) is 32.4. The van der Waals surface area contributed by atoms with Gasteiger partial charge in [-0.05, 0) is 0 Å². The van der Waals surface area contributed by atoms with E-state index in [4.69, 9.17) is 52.1 Å². The van der Waals surface area contributed by atoms with Crippen molar-refractivity contribution < 1.29 is 61.6 Å².